The van der Waals surface area contributed by atoms with Gasteiger partial charge in [-0.3, -0.25) is 4.79 Å². The predicted molar refractivity (Wildman–Crippen MR) is 90.1 cm³/mol. The average Bonchev–Trinajstić information content (AvgIpc) is 2.56. The zero-order valence-electron chi connectivity index (χ0n) is 13.9. The smallest absolute Gasteiger partial charge is 0.378 e. The molecule has 0 aliphatic rings. The van der Waals surface area contributed by atoms with Gasteiger partial charge in [0.25, 0.3) is 5.56 Å². The Bertz CT molecular complexity index is 928. The minimum Gasteiger partial charge on any atom is -0.378 e. The zero-order chi connectivity index (χ0) is 20.4. The van der Waals surface area contributed by atoms with Gasteiger partial charge in [0, 0.05) is 18.4 Å². The molecule has 0 saturated heterocycles. The molecule has 27 heavy (non-hydrogen) atoms. The van der Waals surface area contributed by atoms with Crippen LogP contribution in [0.1, 0.15) is 16.8 Å². The monoisotopic (exact) mass is 407 g/mol. The van der Waals surface area contributed by atoms with Crippen molar-refractivity contribution in [1.82, 2.24) is 4.57 Å². The van der Waals surface area contributed by atoms with Crippen LogP contribution in [0.15, 0.2) is 29.1 Å². The standard InChI is InChI=1S/C16H14ClF4N3O3/c1-27-7-10-2-3-12(23-15(22)26)14(25)24(10)6-8-4-9(16(19,20)21)5-11(17)13(8)18/h2-5H,6-7H2,1H3,(H3,22,23,26). The molecule has 0 aliphatic heterocycles. The Labute approximate surface area is 155 Å². The second-order valence-electron chi connectivity index (χ2n) is 5.48. The molecule has 3 N–H and O–H groups in total. The first kappa shape index (κ1) is 20.7. The van der Waals surface area contributed by atoms with Crippen LogP contribution in [0.5, 0.6) is 0 Å². The number of nitrogens with two attached hydrogens (primary N) is 1. The highest BCUT2D eigenvalue weighted by Crippen LogP contribution is 2.33. The van der Waals surface area contributed by atoms with E-state index in [-0.39, 0.29) is 18.0 Å². The topological polar surface area (TPSA) is 86.3 Å². The summed E-state index contributed by atoms with van der Waals surface area (Å²) in [6, 6.07) is 2.67. The molecule has 1 aromatic carbocycles. The van der Waals surface area contributed by atoms with Gasteiger partial charge in [0.2, 0.25) is 0 Å². The van der Waals surface area contributed by atoms with Gasteiger partial charge >= 0.3 is 12.2 Å². The number of carbonyl (C=O) groups excluding carboxylic acids is 1. The fourth-order valence-electron chi connectivity index (χ4n) is 2.39. The molecule has 2 amide bonds. The molecule has 0 saturated carbocycles. The highest BCUT2D eigenvalue weighted by Gasteiger charge is 2.32. The van der Waals surface area contributed by atoms with E-state index in [1.54, 1.807) is 0 Å². The second kappa shape index (κ2) is 7.97. The minimum atomic E-state index is -4.75. The van der Waals surface area contributed by atoms with Crippen LogP contribution in [0.3, 0.4) is 0 Å². The Balaban J connectivity index is 2.60. The minimum absolute atomic E-state index is 0.0829. The van der Waals surface area contributed by atoms with Crippen LogP contribution in [0.25, 0.3) is 0 Å². The second-order valence-corrected chi connectivity index (χ2v) is 5.89. The normalized spacial score (nSPS) is 11.5. The van der Waals surface area contributed by atoms with Crippen LogP contribution in [-0.4, -0.2) is 17.7 Å². The molecule has 0 aliphatic carbocycles. The third kappa shape index (κ3) is 4.77. The molecule has 146 valence electrons. The van der Waals surface area contributed by atoms with Gasteiger partial charge in [-0.1, -0.05) is 11.6 Å². The number of anilines is 1. The summed E-state index contributed by atoms with van der Waals surface area (Å²) in [4.78, 5) is 23.5. The number of methoxy groups -OCH3 is 1. The Morgan fingerprint density at radius 2 is 2.00 bits per heavy atom. The van der Waals surface area contributed by atoms with Crippen LogP contribution in [0, 0.1) is 5.82 Å². The Kier molecular flexibility index (Phi) is 6.11. The van der Waals surface area contributed by atoms with E-state index in [9.17, 15) is 27.2 Å². The van der Waals surface area contributed by atoms with Crippen molar-refractivity contribution < 1.29 is 27.1 Å². The molecular formula is C16H14ClF4N3O3. The number of hydrogen-bond acceptors (Lipinski definition) is 3. The lowest BCUT2D eigenvalue weighted by atomic mass is 10.1. The predicted octanol–water partition coefficient (Wildman–Crippen LogP) is 3.34. The quantitative estimate of drug-likeness (QED) is 0.745. The molecule has 0 radical (unpaired) electrons. The summed E-state index contributed by atoms with van der Waals surface area (Å²) in [7, 11) is 1.34. The number of alkyl halides is 3. The number of nitrogens with zero attached hydrogens (tertiary/aromatic N) is 1. The van der Waals surface area contributed by atoms with Crippen LogP contribution in [-0.2, 0) is 24.1 Å². The summed E-state index contributed by atoms with van der Waals surface area (Å²) < 4.78 is 59.1. The van der Waals surface area contributed by atoms with Gasteiger partial charge < -0.3 is 20.4 Å². The summed E-state index contributed by atoms with van der Waals surface area (Å²) in [5, 5.41) is 1.37. The van der Waals surface area contributed by atoms with E-state index in [1.807, 2.05) is 0 Å². The zero-order valence-corrected chi connectivity index (χ0v) is 14.6. The van der Waals surface area contributed by atoms with Crippen molar-refractivity contribution in [2.45, 2.75) is 19.3 Å². The number of pyridine rings is 1. The molecule has 1 heterocycles. The number of halogens is 5. The molecule has 0 bridgehead atoms. The number of urea groups is 1. The summed E-state index contributed by atoms with van der Waals surface area (Å²) in [5.74, 6) is -1.09. The third-order valence-corrected chi connectivity index (χ3v) is 3.85. The molecule has 11 heteroatoms. The number of primary amides is 1. The van der Waals surface area contributed by atoms with Crippen molar-refractivity contribution in [2.75, 3.05) is 12.4 Å². The highest BCUT2D eigenvalue weighted by atomic mass is 35.5. The summed E-state index contributed by atoms with van der Waals surface area (Å²) >= 11 is 5.57. The Morgan fingerprint density at radius 3 is 2.56 bits per heavy atom. The van der Waals surface area contributed by atoms with Gasteiger partial charge in [0.15, 0.2) is 0 Å². The molecule has 0 unspecified atom stereocenters. The van der Waals surface area contributed by atoms with Crippen LogP contribution in [0.4, 0.5) is 28.0 Å². The lowest BCUT2D eigenvalue weighted by Crippen LogP contribution is -2.30. The van der Waals surface area contributed by atoms with Crippen LogP contribution < -0.4 is 16.6 Å². The van der Waals surface area contributed by atoms with Crippen LogP contribution in [0.2, 0.25) is 5.02 Å². The summed E-state index contributed by atoms with van der Waals surface area (Å²) in [5.41, 5.74) is 2.59. The van der Waals surface area contributed by atoms with Crippen molar-refractivity contribution in [3.05, 3.63) is 62.3 Å². The van der Waals surface area contributed by atoms with Gasteiger partial charge in [-0.05, 0) is 24.3 Å². The van der Waals surface area contributed by atoms with E-state index >= 15 is 0 Å². The number of amides is 2. The van der Waals surface area contributed by atoms with E-state index in [2.05, 4.69) is 5.32 Å². The molecule has 6 nitrogen and oxygen atoms in total. The molecule has 1 aromatic heterocycles. The van der Waals surface area contributed by atoms with Crippen molar-refractivity contribution in [3.63, 3.8) is 0 Å². The fraction of sp³-hybridized carbons (Fsp3) is 0.250. The van der Waals surface area contributed by atoms with Gasteiger partial charge in [0.05, 0.1) is 23.7 Å². The molecule has 0 spiro atoms. The maximum atomic E-state index is 14.3. The first-order valence-corrected chi connectivity index (χ1v) is 7.75. The average molecular weight is 408 g/mol. The highest BCUT2D eigenvalue weighted by molar-refractivity contribution is 6.30. The largest absolute Gasteiger partial charge is 0.416 e. The number of ether oxygens (including phenoxy) is 1. The van der Waals surface area contributed by atoms with E-state index in [0.29, 0.717) is 12.1 Å². The van der Waals surface area contributed by atoms with E-state index in [0.717, 1.165) is 4.57 Å². The maximum absolute atomic E-state index is 14.3. The van der Waals surface area contributed by atoms with E-state index < -0.39 is 46.3 Å². The van der Waals surface area contributed by atoms with E-state index in [1.165, 1.54) is 19.2 Å². The summed E-state index contributed by atoms with van der Waals surface area (Å²) in [6.07, 6.45) is -4.75. The van der Waals surface area contributed by atoms with Crippen molar-refractivity contribution in [2.24, 2.45) is 5.73 Å². The number of carbonyl (C=O) groups is 1. The van der Waals surface area contributed by atoms with E-state index in [4.69, 9.17) is 22.1 Å². The number of aromatic nitrogens is 1. The van der Waals surface area contributed by atoms with Crippen LogP contribution >= 0.6 is 11.6 Å². The Morgan fingerprint density at radius 1 is 1.33 bits per heavy atom. The number of rotatable bonds is 5. The SMILES string of the molecule is COCc1ccc(NC(N)=O)c(=O)n1Cc1cc(C(F)(F)F)cc(Cl)c1F. The van der Waals surface area contributed by atoms with Gasteiger partial charge in [-0.25, -0.2) is 9.18 Å². The lowest BCUT2D eigenvalue weighted by Gasteiger charge is -2.16. The van der Waals surface area contributed by atoms with Gasteiger partial charge in [0.1, 0.15) is 11.5 Å². The number of nitrogens with one attached hydrogen (secondary N) is 1. The summed E-state index contributed by atoms with van der Waals surface area (Å²) in [6.45, 7) is -0.651. The van der Waals surface area contributed by atoms with Crippen molar-refractivity contribution >= 4 is 23.3 Å². The van der Waals surface area contributed by atoms with Gasteiger partial charge in [-0.2, -0.15) is 13.2 Å². The molecule has 2 aromatic rings. The first-order chi connectivity index (χ1) is 12.5. The number of benzene rings is 1. The fourth-order valence-corrected chi connectivity index (χ4v) is 2.63. The number of hydrogen-bond donors (Lipinski definition) is 2. The Hall–Kier alpha value is -2.59. The maximum Gasteiger partial charge on any atom is 0.416 e. The van der Waals surface area contributed by atoms with Crippen molar-refractivity contribution in [3.8, 4) is 0 Å². The first-order valence-electron chi connectivity index (χ1n) is 7.37. The van der Waals surface area contributed by atoms with Crippen molar-refractivity contribution in [1.29, 1.82) is 0 Å². The molecule has 2 rings (SSSR count). The molecule has 0 fully saturated rings. The lowest BCUT2D eigenvalue weighted by molar-refractivity contribution is -0.137. The molecule has 0 atom stereocenters. The third-order valence-electron chi connectivity index (χ3n) is 3.57. The van der Waals surface area contributed by atoms with Gasteiger partial charge in [-0.15, -0.1) is 0 Å². The molecular weight excluding hydrogens is 394 g/mol.